The predicted octanol–water partition coefficient (Wildman–Crippen LogP) is 3.72. The summed E-state index contributed by atoms with van der Waals surface area (Å²) in [4.78, 5) is 12.7. The molecule has 1 aromatic heterocycles. The normalized spacial score (nSPS) is 10.5. The molecular formula is C21H23N3O3. The van der Waals surface area contributed by atoms with E-state index in [1.807, 2.05) is 56.3 Å². The van der Waals surface area contributed by atoms with E-state index >= 15 is 0 Å². The quantitative estimate of drug-likeness (QED) is 0.669. The SMILES string of the molecule is CCOc1cc(CNC(=O)c2cn[nH]c2-c2cccc(C)c2)ccc1OC. The number of benzene rings is 2. The number of nitrogens with zero attached hydrogens (tertiary/aromatic N) is 1. The highest BCUT2D eigenvalue weighted by Crippen LogP contribution is 2.28. The molecular weight excluding hydrogens is 342 g/mol. The monoisotopic (exact) mass is 365 g/mol. The molecule has 0 aliphatic heterocycles. The molecule has 140 valence electrons. The van der Waals surface area contributed by atoms with E-state index in [2.05, 4.69) is 15.5 Å². The minimum atomic E-state index is -0.186. The van der Waals surface area contributed by atoms with Crippen LogP contribution in [-0.2, 0) is 6.54 Å². The zero-order valence-electron chi connectivity index (χ0n) is 15.7. The topological polar surface area (TPSA) is 76.2 Å². The van der Waals surface area contributed by atoms with Crippen LogP contribution in [0.15, 0.2) is 48.7 Å². The van der Waals surface area contributed by atoms with Crippen LogP contribution in [0.5, 0.6) is 11.5 Å². The van der Waals surface area contributed by atoms with Gasteiger partial charge in [0.15, 0.2) is 11.5 Å². The maximum atomic E-state index is 12.7. The van der Waals surface area contributed by atoms with Crippen LogP contribution in [0.3, 0.4) is 0 Å². The summed E-state index contributed by atoms with van der Waals surface area (Å²) in [5.41, 5.74) is 4.20. The lowest BCUT2D eigenvalue weighted by molar-refractivity contribution is 0.0951. The van der Waals surface area contributed by atoms with E-state index in [9.17, 15) is 4.79 Å². The van der Waals surface area contributed by atoms with Gasteiger partial charge in [-0.3, -0.25) is 9.89 Å². The molecule has 0 fully saturated rings. The molecule has 0 aliphatic carbocycles. The van der Waals surface area contributed by atoms with Crippen molar-refractivity contribution in [1.29, 1.82) is 0 Å². The Bertz CT molecular complexity index is 934. The second kappa shape index (κ2) is 8.40. The molecule has 0 atom stereocenters. The summed E-state index contributed by atoms with van der Waals surface area (Å²) in [6.07, 6.45) is 1.55. The second-order valence-electron chi connectivity index (χ2n) is 6.13. The smallest absolute Gasteiger partial charge is 0.255 e. The molecule has 2 aromatic carbocycles. The molecule has 0 saturated carbocycles. The van der Waals surface area contributed by atoms with Gasteiger partial charge >= 0.3 is 0 Å². The average Bonchev–Trinajstić information content (AvgIpc) is 3.16. The fourth-order valence-electron chi connectivity index (χ4n) is 2.86. The van der Waals surface area contributed by atoms with Crippen LogP contribution in [0.1, 0.15) is 28.4 Å². The first-order chi connectivity index (χ1) is 13.1. The van der Waals surface area contributed by atoms with Crippen molar-refractivity contribution < 1.29 is 14.3 Å². The van der Waals surface area contributed by atoms with Crippen LogP contribution in [0.4, 0.5) is 0 Å². The fraction of sp³-hybridized carbons (Fsp3) is 0.238. The minimum absolute atomic E-state index is 0.186. The molecule has 2 N–H and O–H groups in total. The molecule has 27 heavy (non-hydrogen) atoms. The number of rotatable bonds is 7. The standard InChI is InChI=1S/C21H23N3O3/c1-4-27-19-11-15(8-9-18(19)26-3)12-22-21(25)17-13-23-24-20(17)16-7-5-6-14(2)10-16/h5-11,13H,4,12H2,1-3H3,(H,22,25)(H,23,24). The Labute approximate surface area is 158 Å². The summed E-state index contributed by atoms with van der Waals surface area (Å²) < 4.78 is 10.9. The largest absolute Gasteiger partial charge is 0.493 e. The summed E-state index contributed by atoms with van der Waals surface area (Å²) in [6.45, 7) is 4.85. The van der Waals surface area contributed by atoms with Gasteiger partial charge < -0.3 is 14.8 Å². The molecule has 1 amide bonds. The lowest BCUT2D eigenvalue weighted by atomic mass is 10.1. The lowest BCUT2D eigenvalue weighted by Gasteiger charge is -2.12. The maximum absolute atomic E-state index is 12.7. The van der Waals surface area contributed by atoms with E-state index in [0.717, 1.165) is 16.7 Å². The van der Waals surface area contributed by atoms with Gasteiger partial charge in [0.25, 0.3) is 5.91 Å². The number of carbonyl (C=O) groups is 1. The number of aromatic nitrogens is 2. The lowest BCUT2D eigenvalue weighted by Crippen LogP contribution is -2.23. The summed E-state index contributed by atoms with van der Waals surface area (Å²) in [6, 6.07) is 13.6. The van der Waals surface area contributed by atoms with E-state index in [0.29, 0.717) is 35.9 Å². The Kier molecular flexibility index (Phi) is 5.76. The summed E-state index contributed by atoms with van der Waals surface area (Å²) in [5.74, 6) is 1.15. The molecule has 3 rings (SSSR count). The van der Waals surface area contributed by atoms with Crippen LogP contribution in [-0.4, -0.2) is 29.8 Å². The van der Waals surface area contributed by atoms with Crippen LogP contribution in [0.2, 0.25) is 0 Å². The van der Waals surface area contributed by atoms with Gasteiger partial charge in [0.2, 0.25) is 0 Å². The van der Waals surface area contributed by atoms with Gasteiger partial charge in [-0.05, 0) is 37.6 Å². The van der Waals surface area contributed by atoms with Crippen LogP contribution >= 0.6 is 0 Å². The van der Waals surface area contributed by atoms with Crippen LogP contribution in [0.25, 0.3) is 11.3 Å². The van der Waals surface area contributed by atoms with Crippen molar-refractivity contribution in [3.8, 4) is 22.8 Å². The molecule has 3 aromatic rings. The molecule has 1 heterocycles. The number of ether oxygens (including phenoxy) is 2. The molecule has 0 bridgehead atoms. The van der Waals surface area contributed by atoms with Gasteiger partial charge in [-0.1, -0.05) is 29.8 Å². The number of hydrogen-bond donors (Lipinski definition) is 2. The average molecular weight is 365 g/mol. The van der Waals surface area contributed by atoms with Crippen molar-refractivity contribution in [2.45, 2.75) is 20.4 Å². The first-order valence-corrected chi connectivity index (χ1v) is 8.80. The molecule has 6 heteroatoms. The van der Waals surface area contributed by atoms with Gasteiger partial charge in [0.1, 0.15) is 0 Å². The molecule has 0 spiro atoms. The third-order valence-electron chi connectivity index (χ3n) is 4.17. The van der Waals surface area contributed by atoms with E-state index in [1.54, 1.807) is 13.3 Å². The Morgan fingerprint density at radius 1 is 1.19 bits per heavy atom. The number of nitrogens with one attached hydrogen (secondary N) is 2. The third-order valence-corrected chi connectivity index (χ3v) is 4.17. The molecule has 6 nitrogen and oxygen atoms in total. The molecule has 0 unspecified atom stereocenters. The Hall–Kier alpha value is -3.28. The highest BCUT2D eigenvalue weighted by molar-refractivity contribution is 5.99. The van der Waals surface area contributed by atoms with Gasteiger partial charge in [0, 0.05) is 12.1 Å². The van der Waals surface area contributed by atoms with E-state index in [-0.39, 0.29) is 5.91 Å². The number of amides is 1. The summed E-state index contributed by atoms with van der Waals surface area (Å²) in [7, 11) is 1.60. The Morgan fingerprint density at radius 2 is 2.04 bits per heavy atom. The third kappa shape index (κ3) is 4.28. The number of hydrogen-bond acceptors (Lipinski definition) is 4. The second-order valence-corrected chi connectivity index (χ2v) is 6.13. The van der Waals surface area contributed by atoms with Crippen LogP contribution < -0.4 is 14.8 Å². The number of aromatic amines is 1. The minimum Gasteiger partial charge on any atom is -0.493 e. The van der Waals surface area contributed by atoms with Gasteiger partial charge in [-0.15, -0.1) is 0 Å². The highest BCUT2D eigenvalue weighted by Gasteiger charge is 2.15. The Morgan fingerprint density at radius 3 is 2.78 bits per heavy atom. The number of H-pyrrole nitrogens is 1. The van der Waals surface area contributed by atoms with Crippen molar-refractivity contribution in [2.75, 3.05) is 13.7 Å². The van der Waals surface area contributed by atoms with E-state index in [1.165, 1.54) is 0 Å². The van der Waals surface area contributed by atoms with Crippen molar-refractivity contribution in [3.63, 3.8) is 0 Å². The van der Waals surface area contributed by atoms with Crippen molar-refractivity contribution in [1.82, 2.24) is 15.5 Å². The Balaban J connectivity index is 1.74. The number of aryl methyl sites for hydroxylation is 1. The highest BCUT2D eigenvalue weighted by atomic mass is 16.5. The van der Waals surface area contributed by atoms with Gasteiger partial charge in [0.05, 0.1) is 31.2 Å². The van der Waals surface area contributed by atoms with Crippen molar-refractivity contribution in [2.24, 2.45) is 0 Å². The van der Waals surface area contributed by atoms with E-state index < -0.39 is 0 Å². The zero-order chi connectivity index (χ0) is 19.2. The summed E-state index contributed by atoms with van der Waals surface area (Å²) in [5, 5.41) is 9.90. The number of carbonyl (C=O) groups excluding carboxylic acids is 1. The van der Waals surface area contributed by atoms with Gasteiger partial charge in [-0.2, -0.15) is 5.10 Å². The number of methoxy groups -OCH3 is 1. The maximum Gasteiger partial charge on any atom is 0.255 e. The first-order valence-electron chi connectivity index (χ1n) is 8.80. The summed E-state index contributed by atoms with van der Waals surface area (Å²) >= 11 is 0. The van der Waals surface area contributed by atoms with Crippen molar-refractivity contribution in [3.05, 3.63) is 65.4 Å². The predicted molar refractivity (Wildman–Crippen MR) is 104 cm³/mol. The van der Waals surface area contributed by atoms with Crippen molar-refractivity contribution >= 4 is 5.91 Å². The molecule has 0 aliphatic rings. The van der Waals surface area contributed by atoms with Crippen LogP contribution in [0, 0.1) is 6.92 Å². The first kappa shape index (κ1) is 18.5. The van der Waals surface area contributed by atoms with Gasteiger partial charge in [-0.25, -0.2) is 0 Å². The fourth-order valence-corrected chi connectivity index (χ4v) is 2.86. The molecule has 0 saturated heterocycles. The zero-order valence-corrected chi connectivity index (χ0v) is 15.7. The molecule has 0 radical (unpaired) electrons. The van der Waals surface area contributed by atoms with E-state index in [4.69, 9.17) is 9.47 Å².